The quantitative estimate of drug-likeness (QED) is 0.487. The summed E-state index contributed by atoms with van der Waals surface area (Å²) in [6, 6.07) is 18.4. The molecule has 4 rings (SSSR count). The molecule has 0 saturated carbocycles. The van der Waals surface area contributed by atoms with Crippen LogP contribution < -0.4 is 24.0 Å². The first-order valence-corrected chi connectivity index (χ1v) is 12.5. The van der Waals surface area contributed by atoms with Crippen LogP contribution in [-0.2, 0) is 10.0 Å². The van der Waals surface area contributed by atoms with Crippen LogP contribution in [0.25, 0.3) is 0 Å². The van der Waals surface area contributed by atoms with Gasteiger partial charge in [-0.15, -0.1) is 0 Å². The van der Waals surface area contributed by atoms with Crippen LogP contribution in [0.5, 0.6) is 11.5 Å². The minimum absolute atomic E-state index is 0.0397. The first-order chi connectivity index (χ1) is 16.8. The molecule has 3 aromatic rings. The number of carbonyl (C=O) groups is 1. The molecule has 0 amide bonds. The van der Waals surface area contributed by atoms with Crippen molar-refractivity contribution in [2.45, 2.75) is 4.90 Å². The second-order valence-electron chi connectivity index (χ2n) is 7.99. The Bertz CT molecular complexity index is 1290. The SMILES string of the molecule is COc1ccc(N2CCN(c3ccc(NS(=O)(=O)c4ccc(OC)cc4)cc3C(=O)O)CC2)cc1. The van der Waals surface area contributed by atoms with Crippen LogP contribution in [0.3, 0.4) is 0 Å². The van der Waals surface area contributed by atoms with Crippen LogP contribution in [0.4, 0.5) is 17.1 Å². The van der Waals surface area contributed by atoms with E-state index in [0.29, 0.717) is 24.5 Å². The molecule has 0 atom stereocenters. The van der Waals surface area contributed by atoms with Crippen LogP contribution in [0, 0.1) is 0 Å². The number of carboxylic acid groups (broad SMARTS) is 1. The first kappa shape index (κ1) is 24.2. The molecule has 0 spiro atoms. The number of aromatic carboxylic acids is 1. The van der Waals surface area contributed by atoms with Gasteiger partial charge in [0.2, 0.25) is 0 Å². The Balaban J connectivity index is 1.49. The van der Waals surface area contributed by atoms with Crippen molar-refractivity contribution in [3.05, 3.63) is 72.3 Å². The highest BCUT2D eigenvalue weighted by molar-refractivity contribution is 7.92. The normalized spacial score (nSPS) is 13.9. The highest BCUT2D eigenvalue weighted by Gasteiger charge is 2.23. The van der Waals surface area contributed by atoms with Gasteiger partial charge in [0.05, 0.1) is 30.4 Å². The van der Waals surface area contributed by atoms with E-state index < -0.39 is 16.0 Å². The minimum Gasteiger partial charge on any atom is -0.497 e. The molecular weight excluding hydrogens is 470 g/mol. The van der Waals surface area contributed by atoms with Crippen molar-refractivity contribution in [2.75, 3.05) is 54.9 Å². The molecule has 10 heteroatoms. The molecule has 1 heterocycles. The maximum absolute atomic E-state index is 12.8. The Labute approximate surface area is 204 Å². The van der Waals surface area contributed by atoms with Gasteiger partial charge in [-0.2, -0.15) is 0 Å². The number of anilines is 3. The molecule has 184 valence electrons. The van der Waals surface area contributed by atoms with E-state index in [9.17, 15) is 18.3 Å². The highest BCUT2D eigenvalue weighted by Crippen LogP contribution is 2.29. The fourth-order valence-electron chi connectivity index (χ4n) is 4.01. The lowest BCUT2D eigenvalue weighted by molar-refractivity contribution is 0.0697. The second-order valence-corrected chi connectivity index (χ2v) is 9.67. The summed E-state index contributed by atoms with van der Waals surface area (Å²) < 4.78 is 38.3. The average Bonchev–Trinajstić information content (AvgIpc) is 2.88. The summed E-state index contributed by atoms with van der Waals surface area (Å²) in [5, 5.41) is 9.83. The third-order valence-electron chi connectivity index (χ3n) is 5.91. The molecule has 35 heavy (non-hydrogen) atoms. The second kappa shape index (κ2) is 10.1. The van der Waals surface area contributed by atoms with Crippen LogP contribution in [0.1, 0.15) is 10.4 Å². The molecule has 0 aliphatic carbocycles. The zero-order valence-electron chi connectivity index (χ0n) is 19.5. The lowest BCUT2D eigenvalue weighted by atomic mass is 10.1. The number of sulfonamides is 1. The van der Waals surface area contributed by atoms with Crippen molar-refractivity contribution < 1.29 is 27.8 Å². The zero-order valence-corrected chi connectivity index (χ0v) is 20.3. The topological polar surface area (TPSA) is 108 Å². The molecular formula is C25H27N3O6S. The fraction of sp³-hybridized carbons (Fsp3) is 0.240. The monoisotopic (exact) mass is 497 g/mol. The smallest absolute Gasteiger partial charge is 0.337 e. The summed E-state index contributed by atoms with van der Waals surface area (Å²) in [6.45, 7) is 2.70. The van der Waals surface area contributed by atoms with E-state index in [2.05, 4.69) is 9.62 Å². The van der Waals surface area contributed by atoms with Gasteiger partial charge < -0.3 is 24.4 Å². The van der Waals surface area contributed by atoms with Gasteiger partial charge in [-0.05, 0) is 66.7 Å². The van der Waals surface area contributed by atoms with E-state index in [0.717, 1.165) is 24.5 Å². The van der Waals surface area contributed by atoms with Gasteiger partial charge in [-0.3, -0.25) is 4.72 Å². The molecule has 9 nitrogen and oxygen atoms in total. The number of benzene rings is 3. The van der Waals surface area contributed by atoms with Crippen LogP contribution >= 0.6 is 0 Å². The minimum atomic E-state index is -3.89. The number of carboxylic acids is 1. The van der Waals surface area contributed by atoms with E-state index in [4.69, 9.17) is 9.47 Å². The summed E-state index contributed by atoms with van der Waals surface area (Å²) >= 11 is 0. The maximum atomic E-state index is 12.8. The number of methoxy groups -OCH3 is 2. The average molecular weight is 498 g/mol. The molecule has 2 N–H and O–H groups in total. The van der Waals surface area contributed by atoms with Crippen molar-refractivity contribution in [3.8, 4) is 11.5 Å². The number of hydrogen-bond acceptors (Lipinski definition) is 7. The molecule has 0 bridgehead atoms. The zero-order chi connectivity index (χ0) is 25.0. The molecule has 0 aromatic heterocycles. The molecule has 1 fully saturated rings. The van der Waals surface area contributed by atoms with Gasteiger partial charge in [-0.25, -0.2) is 13.2 Å². The van der Waals surface area contributed by atoms with Gasteiger partial charge in [0.1, 0.15) is 11.5 Å². The number of hydrogen-bond donors (Lipinski definition) is 2. The summed E-state index contributed by atoms with van der Waals surface area (Å²) in [5.74, 6) is 0.206. The molecule has 1 saturated heterocycles. The van der Waals surface area contributed by atoms with Gasteiger partial charge in [0, 0.05) is 37.6 Å². The number of piperazine rings is 1. The molecule has 0 radical (unpaired) electrons. The van der Waals surface area contributed by atoms with Gasteiger partial charge >= 0.3 is 5.97 Å². The lowest BCUT2D eigenvalue weighted by Crippen LogP contribution is -2.47. The predicted octanol–water partition coefficient (Wildman–Crippen LogP) is 3.53. The van der Waals surface area contributed by atoms with Crippen molar-refractivity contribution in [2.24, 2.45) is 0 Å². The van der Waals surface area contributed by atoms with E-state index >= 15 is 0 Å². The van der Waals surface area contributed by atoms with Gasteiger partial charge in [-0.1, -0.05) is 0 Å². The van der Waals surface area contributed by atoms with E-state index in [-0.39, 0.29) is 16.1 Å². The third kappa shape index (κ3) is 5.43. The van der Waals surface area contributed by atoms with Crippen molar-refractivity contribution in [1.82, 2.24) is 0 Å². The Hall–Kier alpha value is -3.92. The maximum Gasteiger partial charge on any atom is 0.337 e. The molecule has 0 unspecified atom stereocenters. The third-order valence-corrected chi connectivity index (χ3v) is 7.30. The largest absolute Gasteiger partial charge is 0.497 e. The van der Waals surface area contributed by atoms with E-state index in [1.54, 1.807) is 31.4 Å². The van der Waals surface area contributed by atoms with Gasteiger partial charge in [0.15, 0.2) is 0 Å². The first-order valence-electron chi connectivity index (χ1n) is 11.0. The molecule has 1 aliphatic rings. The summed E-state index contributed by atoms with van der Waals surface area (Å²) in [7, 11) is -0.765. The van der Waals surface area contributed by atoms with Crippen molar-refractivity contribution in [3.63, 3.8) is 0 Å². The molecule has 3 aromatic carbocycles. The van der Waals surface area contributed by atoms with E-state index in [1.165, 1.54) is 25.3 Å². The lowest BCUT2D eigenvalue weighted by Gasteiger charge is -2.38. The number of rotatable bonds is 8. The Morgan fingerprint density at radius 2 is 1.37 bits per heavy atom. The summed E-state index contributed by atoms with van der Waals surface area (Å²) in [5.41, 5.74) is 1.85. The number of nitrogens with zero attached hydrogens (tertiary/aromatic N) is 2. The van der Waals surface area contributed by atoms with Crippen molar-refractivity contribution in [1.29, 1.82) is 0 Å². The Kier molecular flexibility index (Phi) is 7.02. The van der Waals surface area contributed by atoms with Crippen LogP contribution in [0.2, 0.25) is 0 Å². The van der Waals surface area contributed by atoms with Crippen LogP contribution in [-0.4, -0.2) is 59.9 Å². The summed E-state index contributed by atoms with van der Waals surface area (Å²) in [4.78, 5) is 16.3. The summed E-state index contributed by atoms with van der Waals surface area (Å²) in [6.07, 6.45) is 0. The fourth-order valence-corrected chi connectivity index (χ4v) is 5.06. The van der Waals surface area contributed by atoms with Crippen LogP contribution in [0.15, 0.2) is 71.6 Å². The molecule has 1 aliphatic heterocycles. The highest BCUT2D eigenvalue weighted by atomic mass is 32.2. The van der Waals surface area contributed by atoms with E-state index in [1.807, 2.05) is 29.2 Å². The number of nitrogens with one attached hydrogen (secondary N) is 1. The van der Waals surface area contributed by atoms with Crippen molar-refractivity contribution >= 4 is 33.1 Å². The predicted molar refractivity (Wildman–Crippen MR) is 135 cm³/mol. The Morgan fingerprint density at radius 3 is 1.91 bits per heavy atom. The Morgan fingerprint density at radius 1 is 0.829 bits per heavy atom. The standard InChI is InChI=1S/C25H27N3O6S/c1-33-20-6-4-19(5-7-20)27-13-15-28(16-14-27)24-12-3-18(17-23(24)25(29)30)26-35(31,32)22-10-8-21(34-2)9-11-22/h3-12,17,26H,13-16H2,1-2H3,(H,29,30). The van der Waals surface area contributed by atoms with Gasteiger partial charge in [0.25, 0.3) is 10.0 Å². The number of ether oxygens (including phenoxy) is 2.